The molecule has 2 aromatic carbocycles. The van der Waals surface area contributed by atoms with Gasteiger partial charge in [-0.2, -0.15) is 10.1 Å². The Balaban J connectivity index is 1.72. The van der Waals surface area contributed by atoms with Crippen LogP contribution in [0.1, 0.15) is 30.9 Å². The third-order valence-electron chi connectivity index (χ3n) is 4.53. The highest BCUT2D eigenvalue weighted by atomic mass is 15.4. The molecule has 6 nitrogen and oxygen atoms in total. The first-order valence-corrected chi connectivity index (χ1v) is 9.23. The van der Waals surface area contributed by atoms with Crippen LogP contribution in [0.15, 0.2) is 53.6 Å². The van der Waals surface area contributed by atoms with E-state index in [9.17, 15) is 0 Å². The van der Waals surface area contributed by atoms with Crippen LogP contribution in [0.4, 0.5) is 5.95 Å². The Labute approximate surface area is 158 Å². The Hall–Kier alpha value is -3.28. The normalized spacial score (nSPS) is 11.6. The maximum atomic E-state index is 4.69. The van der Waals surface area contributed by atoms with Crippen molar-refractivity contribution in [1.29, 1.82) is 0 Å². The van der Waals surface area contributed by atoms with E-state index in [2.05, 4.69) is 57.3 Å². The summed E-state index contributed by atoms with van der Waals surface area (Å²) in [6.07, 6.45) is 3.95. The number of anilines is 1. The van der Waals surface area contributed by atoms with Crippen molar-refractivity contribution in [3.05, 3.63) is 59.7 Å². The molecule has 6 heteroatoms. The first-order valence-electron chi connectivity index (χ1n) is 9.23. The van der Waals surface area contributed by atoms with Gasteiger partial charge in [-0.25, -0.2) is 5.43 Å². The zero-order valence-corrected chi connectivity index (χ0v) is 15.6. The number of unbranched alkanes of at least 4 members (excludes halogenated alkanes) is 1. The molecule has 0 amide bonds. The van der Waals surface area contributed by atoms with Crippen molar-refractivity contribution in [2.75, 3.05) is 5.43 Å². The van der Waals surface area contributed by atoms with Gasteiger partial charge in [0.2, 0.25) is 0 Å². The quantitative estimate of drug-likeness (QED) is 0.406. The summed E-state index contributed by atoms with van der Waals surface area (Å²) in [5.41, 5.74) is 7.93. The second-order valence-corrected chi connectivity index (χ2v) is 6.61. The van der Waals surface area contributed by atoms with Gasteiger partial charge >= 0.3 is 0 Å². The molecular formula is C21H22N6. The minimum absolute atomic E-state index is 0.395. The number of aryl methyl sites for hydroxylation is 2. The molecule has 2 aromatic heterocycles. The highest BCUT2D eigenvalue weighted by molar-refractivity contribution is 6.04. The first kappa shape index (κ1) is 17.1. The molecule has 0 spiro atoms. The van der Waals surface area contributed by atoms with Gasteiger partial charge in [-0.15, -0.1) is 10.2 Å². The van der Waals surface area contributed by atoms with Crippen molar-refractivity contribution in [1.82, 2.24) is 19.7 Å². The zero-order chi connectivity index (χ0) is 18.6. The molecule has 0 fully saturated rings. The fourth-order valence-electron chi connectivity index (χ4n) is 3.16. The smallest absolute Gasteiger partial charge is 0.265 e. The van der Waals surface area contributed by atoms with E-state index in [0.29, 0.717) is 5.95 Å². The lowest BCUT2D eigenvalue weighted by atomic mass is 10.2. The summed E-state index contributed by atoms with van der Waals surface area (Å²) >= 11 is 0. The average molecular weight is 358 g/mol. The molecule has 0 bridgehead atoms. The molecule has 0 atom stereocenters. The number of fused-ring (bicyclic) bond motifs is 3. The molecule has 0 radical (unpaired) electrons. The topological polar surface area (TPSA) is 68.0 Å². The predicted molar refractivity (Wildman–Crippen MR) is 110 cm³/mol. The predicted octanol–water partition coefficient (Wildman–Crippen LogP) is 4.53. The molecule has 0 aliphatic rings. The number of aromatic nitrogens is 4. The lowest BCUT2D eigenvalue weighted by molar-refractivity contribution is 0.660. The summed E-state index contributed by atoms with van der Waals surface area (Å²) in [6, 6.07) is 16.3. The van der Waals surface area contributed by atoms with E-state index in [1.807, 2.05) is 30.3 Å². The number of hydrogen-bond donors (Lipinski definition) is 1. The first-order chi connectivity index (χ1) is 13.3. The number of hydrogen-bond acceptors (Lipinski definition) is 5. The zero-order valence-electron chi connectivity index (χ0n) is 15.6. The fourth-order valence-corrected chi connectivity index (χ4v) is 3.16. The van der Waals surface area contributed by atoms with E-state index in [-0.39, 0.29) is 0 Å². The fraction of sp³-hybridized carbons (Fsp3) is 0.238. The van der Waals surface area contributed by atoms with Gasteiger partial charge in [-0.3, -0.25) is 0 Å². The van der Waals surface area contributed by atoms with Crippen molar-refractivity contribution < 1.29 is 0 Å². The molecule has 4 rings (SSSR count). The van der Waals surface area contributed by atoms with E-state index >= 15 is 0 Å². The molecule has 0 aliphatic heterocycles. The molecular weight excluding hydrogens is 336 g/mol. The third-order valence-corrected chi connectivity index (χ3v) is 4.53. The molecule has 4 aromatic rings. The summed E-state index contributed by atoms with van der Waals surface area (Å²) in [6.45, 7) is 5.19. The Bertz CT molecular complexity index is 1100. The van der Waals surface area contributed by atoms with E-state index < -0.39 is 0 Å². The van der Waals surface area contributed by atoms with Crippen LogP contribution < -0.4 is 5.43 Å². The summed E-state index contributed by atoms with van der Waals surface area (Å²) in [5, 5.41) is 14.0. The molecule has 2 heterocycles. The standard InChI is InChI=1S/C21H22N6/c1-3-4-12-27-18-11-10-15(2)13-17(18)19-20(27)23-21(26-24-19)25-22-14-16-8-6-5-7-9-16/h5-11,13-14H,3-4,12H2,1-2H3,(H,23,25,26)/b22-14+. The van der Waals surface area contributed by atoms with Crippen LogP contribution in [0.3, 0.4) is 0 Å². The molecule has 0 saturated carbocycles. The van der Waals surface area contributed by atoms with Gasteiger partial charge in [-0.1, -0.05) is 55.3 Å². The van der Waals surface area contributed by atoms with E-state index in [0.717, 1.165) is 47.0 Å². The van der Waals surface area contributed by atoms with Crippen LogP contribution in [-0.2, 0) is 6.54 Å². The van der Waals surface area contributed by atoms with Gasteiger partial charge in [0.1, 0.15) is 5.52 Å². The van der Waals surface area contributed by atoms with E-state index in [4.69, 9.17) is 4.98 Å². The van der Waals surface area contributed by atoms with Crippen molar-refractivity contribution in [3.8, 4) is 0 Å². The number of benzene rings is 2. The minimum atomic E-state index is 0.395. The highest BCUT2D eigenvalue weighted by Gasteiger charge is 2.14. The van der Waals surface area contributed by atoms with Gasteiger partial charge < -0.3 is 4.57 Å². The molecule has 0 unspecified atom stereocenters. The molecule has 136 valence electrons. The van der Waals surface area contributed by atoms with Gasteiger partial charge in [-0.05, 0) is 31.0 Å². The molecule has 0 saturated heterocycles. The monoisotopic (exact) mass is 358 g/mol. The van der Waals surface area contributed by atoms with E-state index in [1.165, 1.54) is 5.56 Å². The molecule has 1 N–H and O–H groups in total. The largest absolute Gasteiger partial charge is 0.324 e. The highest BCUT2D eigenvalue weighted by Crippen LogP contribution is 2.27. The van der Waals surface area contributed by atoms with Gasteiger partial charge in [0, 0.05) is 11.9 Å². The number of nitrogens with one attached hydrogen (secondary N) is 1. The second-order valence-electron chi connectivity index (χ2n) is 6.61. The van der Waals surface area contributed by atoms with Crippen LogP contribution in [0, 0.1) is 6.92 Å². The lowest BCUT2D eigenvalue weighted by Gasteiger charge is -2.05. The van der Waals surface area contributed by atoms with Crippen molar-refractivity contribution in [3.63, 3.8) is 0 Å². The summed E-state index contributed by atoms with van der Waals surface area (Å²) < 4.78 is 2.23. The van der Waals surface area contributed by atoms with Crippen molar-refractivity contribution >= 4 is 34.2 Å². The Morgan fingerprint density at radius 2 is 1.96 bits per heavy atom. The van der Waals surface area contributed by atoms with Crippen LogP contribution >= 0.6 is 0 Å². The maximum absolute atomic E-state index is 4.69. The van der Waals surface area contributed by atoms with Crippen LogP contribution in [-0.4, -0.2) is 26.0 Å². The number of rotatable bonds is 6. The summed E-state index contributed by atoms with van der Waals surface area (Å²) in [7, 11) is 0. The second kappa shape index (κ2) is 7.53. The van der Waals surface area contributed by atoms with E-state index in [1.54, 1.807) is 6.21 Å². The molecule has 0 aliphatic carbocycles. The maximum Gasteiger partial charge on any atom is 0.265 e. The van der Waals surface area contributed by atoms with Crippen LogP contribution in [0.25, 0.3) is 22.1 Å². The average Bonchev–Trinajstić information content (AvgIpc) is 2.99. The minimum Gasteiger partial charge on any atom is -0.324 e. The molecule has 27 heavy (non-hydrogen) atoms. The van der Waals surface area contributed by atoms with Crippen molar-refractivity contribution in [2.24, 2.45) is 5.10 Å². The summed E-state index contributed by atoms with van der Waals surface area (Å²) in [5.74, 6) is 0.395. The van der Waals surface area contributed by atoms with Crippen LogP contribution in [0.2, 0.25) is 0 Å². The van der Waals surface area contributed by atoms with Gasteiger partial charge in [0.25, 0.3) is 5.95 Å². The number of nitrogens with zero attached hydrogens (tertiary/aromatic N) is 5. The number of hydrazone groups is 1. The van der Waals surface area contributed by atoms with Crippen LogP contribution in [0.5, 0.6) is 0 Å². The van der Waals surface area contributed by atoms with Gasteiger partial charge in [0.15, 0.2) is 5.65 Å². The Morgan fingerprint density at radius 1 is 1.11 bits per heavy atom. The van der Waals surface area contributed by atoms with Crippen molar-refractivity contribution in [2.45, 2.75) is 33.2 Å². The Morgan fingerprint density at radius 3 is 2.78 bits per heavy atom. The summed E-state index contributed by atoms with van der Waals surface area (Å²) in [4.78, 5) is 4.69. The lowest BCUT2D eigenvalue weighted by Crippen LogP contribution is -2.03. The SMILES string of the molecule is CCCCn1c2ccc(C)cc2c2nnc(N/N=C/c3ccccc3)nc21. The third kappa shape index (κ3) is 3.51. The van der Waals surface area contributed by atoms with Gasteiger partial charge in [0.05, 0.1) is 11.7 Å². The Kier molecular flexibility index (Phi) is 4.78.